The molecule has 4 nitrogen and oxygen atoms in total. The molecule has 1 unspecified atom stereocenters. The van der Waals surface area contributed by atoms with E-state index in [1.165, 1.54) is 0 Å². The first-order valence-corrected chi connectivity index (χ1v) is 7.77. The van der Waals surface area contributed by atoms with Crippen LogP contribution in [0.1, 0.15) is 44.1 Å². The summed E-state index contributed by atoms with van der Waals surface area (Å²) < 4.78 is 11.6. The van der Waals surface area contributed by atoms with Crippen LogP contribution in [0.4, 0.5) is 0 Å². The second-order valence-electron chi connectivity index (χ2n) is 5.89. The largest absolute Gasteiger partial charge is 0.488 e. The van der Waals surface area contributed by atoms with Crippen LogP contribution in [0.25, 0.3) is 0 Å². The molecule has 4 heteroatoms. The zero-order chi connectivity index (χ0) is 14.5. The van der Waals surface area contributed by atoms with Gasteiger partial charge in [-0.05, 0) is 31.7 Å². The first-order chi connectivity index (χ1) is 10.3. The normalized spacial score (nSPS) is 24.3. The summed E-state index contributed by atoms with van der Waals surface area (Å²) in [5, 5.41) is 0. The van der Waals surface area contributed by atoms with Gasteiger partial charge in [0.15, 0.2) is 0 Å². The lowest BCUT2D eigenvalue weighted by atomic mass is 9.88. The van der Waals surface area contributed by atoms with Gasteiger partial charge in [0.05, 0.1) is 6.61 Å². The van der Waals surface area contributed by atoms with Crippen molar-refractivity contribution in [1.82, 2.24) is 0 Å². The Hall–Kier alpha value is -1.64. The van der Waals surface area contributed by atoms with Crippen LogP contribution in [0.5, 0.6) is 5.75 Å². The van der Waals surface area contributed by atoms with Gasteiger partial charge in [-0.3, -0.25) is 0 Å². The molecule has 112 valence electrons. The number of aliphatic imine (C=N–C) groups is 1. The molecule has 0 N–H and O–H groups in total. The Morgan fingerprint density at radius 2 is 2.05 bits per heavy atom. The van der Waals surface area contributed by atoms with Crippen molar-refractivity contribution in [3.8, 4) is 5.75 Å². The van der Waals surface area contributed by atoms with Gasteiger partial charge in [-0.25, -0.2) is 4.79 Å². The lowest BCUT2D eigenvalue weighted by Crippen LogP contribution is -2.29. The third kappa shape index (κ3) is 3.02. The second kappa shape index (κ2) is 6.42. The van der Waals surface area contributed by atoms with Gasteiger partial charge in [0.1, 0.15) is 17.4 Å². The van der Waals surface area contributed by atoms with Crippen molar-refractivity contribution in [2.75, 3.05) is 13.2 Å². The van der Waals surface area contributed by atoms with E-state index < -0.39 is 5.54 Å². The fourth-order valence-electron chi connectivity index (χ4n) is 3.43. The number of hydrogen-bond donors (Lipinski definition) is 0. The van der Waals surface area contributed by atoms with Crippen molar-refractivity contribution in [1.29, 1.82) is 0 Å². The lowest BCUT2D eigenvalue weighted by Gasteiger charge is -2.29. The molecule has 1 heterocycles. The van der Waals surface area contributed by atoms with E-state index in [0.717, 1.165) is 56.4 Å². The van der Waals surface area contributed by atoms with E-state index in [4.69, 9.17) is 9.47 Å². The van der Waals surface area contributed by atoms with Gasteiger partial charge < -0.3 is 9.47 Å². The summed E-state index contributed by atoms with van der Waals surface area (Å²) in [5.41, 5.74) is 0.588. The van der Waals surface area contributed by atoms with E-state index in [2.05, 4.69) is 4.99 Å². The first-order valence-electron chi connectivity index (χ1n) is 7.77. The standard InChI is InChI=1S/C17H21NO3/c19-13-18-17(9-3-4-10-17)15-7-1-2-8-16(15)21-14-6-5-11-20-12-14/h1-2,7-8,14H,3-6,9-12H2. The summed E-state index contributed by atoms with van der Waals surface area (Å²) in [7, 11) is 0. The Bertz CT molecular complexity index is 525. The molecule has 0 amide bonds. The van der Waals surface area contributed by atoms with Gasteiger partial charge in [0.25, 0.3) is 0 Å². The van der Waals surface area contributed by atoms with Crippen LogP contribution in [-0.4, -0.2) is 25.4 Å². The summed E-state index contributed by atoms with van der Waals surface area (Å²) in [6.45, 7) is 1.46. The molecule has 0 aromatic heterocycles. The molecule has 1 aliphatic carbocycles. The molecule has 1 aromatic carbocycles. The minimum absolute atomic E-state index is 0.0959. The fourth-order valence-corrected chi connectivity index (χ4v) is 3.43. The van der Waals surface area contributed by atoms with E-state index in [1.54, 1.807) is 6.08 Å². The summed E-state index contributed by atoms with van der Waals surface area (Å²) in [4.78, 5) is 15.1. The third-order valence-corrected chi connectivity index (χ3v) is 4.49. The summed E-state index contributed by atoms with van der Waals surface area (Å²) in [6.07, 6.45) is 7.88. The van der Waals surface area contributed by atoms with E-state index in [1.807, 2.05) is 24.3 Å². The topological polar surface area (TPSA) is 47.9 Å². The van der Waals surface area contributed by atoms with E-state index in [0.29, 0.717) is 6.61 Å². The van der Waals surface area contributed by atoms with Crippen molar-refractivity contribution in [2.45, 2.75) is 50.2 Å². The van der Waals surface area contributed by atoms with Gasteiger partial charge in [-0.1, -0.05) is 31.0 Å². The summed E-state index contributed by atoms with van der Waals surface area (Å²) >= 11 is 0. The average Bonchev–Trinajstić information content (AvgIpc) is 2.99. The number of benzene rings is 1. The highest BCUT2D eigenvalue weighted by atomic mass is 16.5. The minimum atomic E-state index is -0.437. The minimum Gasteiger partial charge on any atom is -0.488 e. The van der Waals surface area contributed by atoms with Gasteiger partial charge in [0, 0.05) is 12.2 Å². The molecule has 0 spiro atoms. The highest BCUT2D eigenvalue weighted by molar-refractivity contribution is 5.44. The van der Waals surface area contributed by atoms with Crippen LogP contribution < -0.4 is 4.74 Å². The molecule has 21 heavy (non-hydrogen) atoms. The highest BCUT2D eigenvalue weighted by Gasteiger charge is 2.38. The predicted octanol–water partition coefficient (Wildman–Crippen LogP) is 3.35. The Morgan fingerprint density at radius 1 is 1.24 bits per heavy atom. The van der Waals surface area contributed by atoms with Crippen LogP contribution >= 0.6 is 0 Å². The zero-order valence-corrected chi connectivity index (χ0v) is 12.2. The van der Waals surface area contributed by atoms with E-state index in [9.17, 15) is 4.79 Å². The van der Waals surface area contributed by atoms with Gasteiger partial charge >= 0.3 is 0 Å². The number of hydrogen-bond acceptors (Lipinski definition) is 4. The molecular formula is C17H21NO3. The van der Waals surface area contributed by atoms with Crippen molar-refractivity contribution in [3.63, 3.8) is 0 Å². The lowest BCUT2D eigenvalue weighted by molar-refractivity contribution is 0.00658. The van der Waals surface area contributed by atoms with Crippen LogP contribution in [0.15, 0.2) is 29.3 Å². The number of isocyanates is 1. The molecule has 0 radical (unpaired) electrons. The van der Waals surface area contributed by atoms with Crippen LogP contribution in [0.3, 0.4) is 0 Å². The Kier molecular flexibility index (Phi) is 4.37. The average molecular weight is 287 g/mol. The van der Waals surface area contributed by atoms with Crippen LogP contribution in [-0.2, 0) is 15.1 Å². The Balaban J connectivity index is 1.89. The molecule has 2 fully saturated rings. The molecule has 1 atom stereocenters. The molecule has 0 bridgehead atoms. The van der Waals surface area contributed by atoms with Gasteiger partial charge in [-0.2, -0.15) is 4.99 Å². The first kappa shape index (κ1) is 14.3. The smallest absolute Gasteiger partial charge is 0.235 e. The fraction of sp³-hybridized carbons (Fsp3) is 0.588. The van der Waals surface area contributed by atoms with Crippen LogP contribution in [0.2, 0.25) is 0 Å². The number of nitrogens with zero attached hydrogens (tertiary/aromatic N) is 1. The maximum Gasteiger partial charge on any atom is 0.235 e. The number of carbonyl (C=O) groups excluding carboxylic acids is 1. The quantitative estimate of drug-likeness (QED) is 0.630. The molecule has 1 saturated carbocycles. The SMILES string of the molecule is O=C=NC1(c2ccccc2OC2CCCOC2)CCCC1. The van der Waals surface area contributed by atoms with Crippen molar-refractivity contribution < 1.29 is 14.3 Å². The molecule has 2 aliphatic rings. The van der Waals surface area contributed by atoms with Gasteiger partial charge in [-0.15, -0.1) is 0 Å². The van der Waals surface area contributed by atoms with Gasteiger partial charge in [0.2, 0.25) is 6.08 Å². The van der Waals surface area contributed by atoms with E-state index >= 15 is 0 Å². The van der Waals surface area contributed by atoms with Crippen molar-refractivity contribution in [3.05, 3.63) is 29.8 Å². The monoisotopic (exact) mass is 287 g/mol. The molecule has 1 aromatic rings. The van der Waals surface area contributed by atoms with Crippen molar-refractivity contribution >= 4 is 6.08 Å². The molecule has 1 aliphatic heterocycles. The maximum absolute atomic E-state index is 10.9. The predicted molar refractivity (Wildman–Crippen MR) is 79.2 cm³/mol. The van der Waals surface area contributed by atoms with E-state index in [-0.39, 0.29) is 6.10 Å². The van der Waals surface area contributed by atoms with Crippen LogP contribution in [0, 0.1) is 0 Å². The zero-order valence-electron chi connectivity index (χ0n) is 12.2. The molecule has 1 saturated heterocycles. The van der Waals surface area contributed by atoms with Crippen molar-refractivity contribution in [2.24, 2.45) is 4.99 Å². The second-order valence-corrected chi connectivity index (χ2v) is 5.89. The molecule has 3 rings (SSSR count). The summed E-state index contributed by atoms with van der Waals surface area (Å²) in [5.74, 6) is 0.842. The maximum atomic E-state index is 10.9. The summed E-state index contributed by atoms with van der Waals surface area (Å²) in [6, 6.07) is 7.96. The third-order valence-electron chi connectivity index (χ3n) is 4.49. The number of ether oxygens (including phenoxy) is 2. The number of para-hydroxylation sites is 1. The Labute approximate surface area is 125 Å². The highest BCUT2D eigenvalue weighted by Crippen LogP contribution is 2.45. The number of rotatable bonds is 4. The molecular weight excluding hydrogens is 266 g/mol. The Morgan fingerprint density at radius 3 is 2.76 bits per heavy atom.